The second-order valence-electron chi connectivity index (χ2n) is 4.36. The van der Waals surface area contributed by atoms with E-state index in [1.807, 2.05) is 30.3 Å². The first kappa shape index (κ1) is 12.5. The zero-order valence-electron chi connectivity index (χ0n) is 10.1. The molecule has 2 aromatic rings. The molecule has 1 aliphatic rings. The van der Waals surface area contributed by atoms with Gasteiger partial charge in [0, 0.05) is 16.7 Å². The first-order valence-corrected chi connectivity index (χ1v) is 6.52. The number of alkyl halides is 1. The van der Waals surface area contributed by atoms with E-state index >= 15 is 0 Å². The Kier molecular flexibility index (Phi) is 3.40. The maximum Gasteiger partial charge on any atom is 0.227 e. The molecule has 0 saturated heterocycles. The van der Waals surface area contributed by atoms with Crippen LogP contribution in [0.15, 0.2) is 42.5 Å². The number of hydrogen-bond donors (Lipinski definition) is 0. The molecule has 0 fully saturated rings. The normalized spacial score (nSPS) is 17.7. The van der Waals surface area contributed by atoms with Gasteiger partial charge in [-0.05, 0) is 12.1 Å². The van der Waals surface area contributed by atoms with E-state index in [1.54, 1.807) is 0 Å². The predicted molar refractivity (Wildman–Crippen MR) is 70.6 cm³/mol. The Morgan fingerprint density at radius 2 is 2.00 bits per heavy atom. The third-order valence-corrected chi connectivity index (χ3v) is 3.33. The van der Waals surface area contributed by atoms with Crippen LogP contribution in [0, 0.1) is 5.82 Å². The van der Waals surface area contributed by atoms with Crippen LogP contribution in [0.1, 0.15) is 23.0 Å². The maximum atomic E-state index is 13.4. The lowest BCUT2D eigenvalue weighted by molar-refractivity contribution is -0.112. The topological polar surface area (TPSA) is 18.5 Å². The van der Waals surface area contributed by atoms with Gasteiger partial charge in [-0.1, -0.05) is 30.3 Å². The van der Waals surface area contributed by atoms with E-state index in [-0.39, 0.29) is 11.7 Å². The van der Waals surface area contributed by atoms with Gasteiger partial charge in [-0.2, -0.15) is 0 Å². The van der Waals surface area contributed by atoms with Crippen LogP contribution >= 0.6 is 11.6 Å². The van der Waals surface area contributed by atoms with E-state index in [1.165, 1.54) is 12.1 Å². The molecule has 1 heterocycles. The predicted octanol–water partition coefficient (Wildman–Crippen LogP) is 4.17. The summed E-state index contributed by atoms with van der Waals surface area (Å²) in [5.41, 5.74) is 2.28. The lowest BCUT2D eigenvalue weighted by Crippen LogP contribution is -2.19. The summed E-state index contributed by atoms with van der Waals surface area (Å²) in [7, 11) is 0. The molecule has 0 saturated carbocycles. The molecule has 2 nitrogen and oxygen atoms in total. The van der Waals surface area contributed by atoms with Crippen LogP contribution in [0.25, 0.3) is 0 Å². The van der Waals surface area contributed by atoms with Gasteiger partial charge in [0.1, 0.15) is 11.6 Å². The summed E-state index contributed by atoms with van der Waals surface area (Å²) in [5, 5.41) is 0. The first-order valence-electron chi connectivity index (χ1n) is 5.98. The minimum Gasteiger partial charge on any atom is -0.460 e. The summed E-state index contributed by atoms with van der Waals surface area (Å²) < 4.78 is 24.8. The Labute approximate surface area is 115 Å². The molecule has 0 spiro atoms. The molecule has 0 amide bonds. The van der Waals surface area contributed by atoms with E-state index in [0.29, 0.717) is 23.5 Å². The Morgan fingerprint density at radius 1 is 1.21 bits per heavy atom. The molecule has 0 N–H and O–H groups in total. The van der Waals surface area contributed by atoms with Crippen molar-refractivity contribution in [2.24, 2.45) is 0 Å². The van der Waals surface area contributed by atoms with Crippen molar-refractivity contribution < 1.29 is 13.9 Å². The largest absolute Gasteiger partial charge is 0.460 e. The number of fused-ring (bicyclic) bond motifs is 1. The summed E-state index contributed by atoms with van der Waals surface area (Å²) in [4.78, 5) is 0. The molecular weight excluding hydrogens is 267 g/mol. The molecule has 4 heteroatoms. The second-order valence-corrected chi connectivity index (χ2v) is 4.63. The van der Waals surface area contributed by atoms with Crippen LogP contribution < -0.4 is 4.74 Å². The van der Waals surface area contributed by atoms with Gasteiger partial charge < -0.3 is 9.47 Å². The fourth-order valence-corrected chi connectivity index (χ4v) is 2.35. The number of halogens is 2. The lowest BCUT2D eigenvalue weighted by atomic mass is 10.1. The van der Waals surface area contributed by atoms with E-state index in [4.69, 9.17) is 21.1 Å². The van der Waals surface area contributed by atoms with Crippen LogP contribution in [-0.2, 0) is 17.2 Å². The van der Waals surface area contributed by atoms with E-state index in [9.17, 15) is 4.39 Å². The van der Waals surface area contributed by atoms with Crippen LogP contribution in [0.3, 0.4) is 0 Å². The monoisotopic (exact) mass is 278 g/mol. The van der Waals surface area contributed by atoms with E-state index in [0.717, 1.165) is 5.56 Å². The Morgan fingerprint density at radius 3 is 2.74 bits per heavy atom. The number of benzene rings is 2. The molecule has 19 heavy (non-hydrogen) atoms. The molecular formula is C15H12ClFO2. The van der Waals surface area contributed by atoms with E-state index < -0.39 is 6.29 Å². The number of hydrogen-bond acceptors (Lipinski definition) is 2. The smallest absolute Gasteiger partial charge is 0.227 e. The third kappa shape index (κ3) is 2.44. The fraction of sp³-hybridized carbons (Fsp3) is 0.200. The van der Waals surface area contributed by atoms with Gasteiger partial charge in [0.15, 0.2) is 0 Å². The highest BCUT2D eigenvalue weighted by Crippen LogP contribution is 2.36. The summed E-state index contributed by atoms with van der Waals surface area (Å²) in [6.45, 7) is 0.316. The van der Waals surface area contributed by atoms with Gasteiger partial charge >= 0.3 is 0 Å². The van der Waals surface area contributed by atoms with Crippen molar-refractivity contribution in [1.82, 2.24) is 0 Å². The molecule has 1 aliphatic heterocycles. The zero-order chi connectivity index (χ0) is 13.2. The Balaban J connectivity index is 1.95. The number of rotatable bonds is 2. The Bertz CT molecular complexity index is 569. The zero-order valence-corrected chi connectivity index (χ0v) is 10.9. The molecule has 1 atom stereocenters. The Hall–Kier alpha value is -1.58. The fourth-order valence-electron chi connectivity index (χ4n) is 2.15. The maximum absolute atomic E-state index is 13.4. The minimum atomic E-state index is -0.471. The van der Waals surface area contributed by atoms with Gasteiger partial charge in [0.2, 0.25) is 6.29 Å². The quantitative estimate of drug-likeness (QED) is 0.768. The van der Waals surface area contributed by atoms with Crippen molar-refractivity contribution in [2.45, 2.75) is 18.8 Å². The van der Waals surface area contributed by atoms with Gasteiger partial charge in [-0.25, -0.2) is 4.39 Å². The van der Waals surface area contributed by atoms with Gasteiger partial charge in [0.25, 0.3) is 0 Å². The molecule has 2 aromatic carbocycles. The van der Waals surface area contributed by atoms with Crippen LogP contribution in [0.4, 0.5) is 4.39 Å². The molecule has 0 unspecified atom stereocenters. The molecule has 0 radical (unpaired) electrons. The SMILES string of the molecule is Fc1cc(CCl)c2c(c1)CO[C@H](c1ccccc1)O2. The van der Waals surface area contributed by atoms with Crippen molar-refractivity contribution in [2.75, 3.05) is 0 Å². The average molecular weight is 279 g/mol. The van der Waals surface area contributed by atoms with Crippen LogP contribution in [0.2, 0.25) is 0 Å². The summed E-state index contributed by atoms with van der Waals surface area (Å²) in [6.07, 6.45) is -0.471. The first-order chi connectivity index (χ1) is 9.28. The highest BCUT2D eigenvalue weighted by atomic mass is 35.5. The molecule has 0 aliphatic carbocycles. The van der Waals surface area contributed by atoms with Crippen molar-refractivity contribution in [1.29, 1.82) is 0 Å². The summed E-state index contributed by atoms with van der Waals surface area (Å²) in [6, 6.07) is 12.5. The summed E-state index contributed by atoms with van der Waals surface area (Å²) in [5.74, 6) is 0.526. The van der Waals surface area contributed by atoms with Crippen LogP contribution in [0.5, 0.6) is 5.75 Å². The molecule has 0 bridgehead atoms. The van der Waals surface area contributed by atoms with Crippen molar-refractivity contribution in [3.05, 3.63) is 65.0 Å². The number of ether oxygens (including phenoxy) is 2. The molecule has 3 rings (SSSR count). The van der Waals surface area contributed by atoms with Crippen molar-refractivity contribution >= 4 is 11.6 Å². The molecule has 98 valence electrons. The van der Waals surface area contributed by atoms with Crippen LogP contribution in [-0.4, -0.2) is 0 Å². The van der Waals surface area contributed by atoms with Crippen molar-refractivity contribution in [3.8, 4) is 5.75 Å². The lowest BCUT2D eigenvalue weighted by Gasteiger charge is -2.28. The average Bonchev–Trinajstić information content (AvgIpc) is 2.46. The highest BCUT2D eigenvalue weighted by Gasteiger charge is 2.24. The van der Waals surface area contributed by atoms with Crippen molar-refractivity contribution in [3.63, 3.8) is 0 Å². The van der Waals surface area contributed by atoms with Gasteiger partial charge in [0.05, 0.1) is 12.5 Å². The third-order valence-electron chi connectivity index (χ3n) is 3.04. The standard InChI is InChI=1S/C15H12ClFO2/c16-8-11-6-13(17)7-12-9-18-15(19-14(11)12)10-4-2-1-3-5-10/h1-7,15H,8-9H2/t15-/m0/s1. The minimum absolute atomic E-state index is 0.210. The second kappa shape index (κ2) is 5.19. The van der Waals surface area contributed by atoms with E-state index in [2.05, 4.69) is 0 Å². The van der Waals surface area contributed by atoms with Gasteiger partial charge in [-0.3, -0.25) is 0 Å². The molecule has 0 aromatic heterocycles. The van der Waals surface area contributed by atoms with Gasteiger partial charge in [-0.15, -0.1) is 11.6 Å². The summed E-state index contributed by atoms with van der Waals surface area (Å²) >= 11 is 5.84. The highest BCUT2D eigenvalue weighted by molar-refractivity contribution is 6.17.